The number of halogens is 2. The van der Waals surface area contributed by atoms with Gasteiger partial charge in [-0.2, -0.15) is 0 Å². The number of benzene rings is 4. The van der Waals surface area contributed by atoms with Crippen LogP contribution < -0.4 is 24.4 Å². The van der Waals surface area contributed by atoms with E-state index in [-0.39, 0.29) is 23.9 Å². The lowest BCUT2D eigenvalue weighted by molar-refractivity contribution is -0.384. The molecule has 230 valence electrons. The molecule has 0 saturated heterocycles. The predicted octanol–water partition coefficient (Wildman–Crippen LogP) is 7.34. The van der Waals surface area contributed by atoms with Crippen LogP contribution in [0.15, 0.2) is 109 Å². The Balaban J connectivity index is 1.37. The van der Waals surface area contributed by atoms with Crippen LogP contribution in [0.3, 0.4) is 0 Å². The molecule has 2 heterocycles. The summed E-state index contributed by atoms with van der Waals surface area (Å²) in [5.41, 5.74) is 6.60. The molecule has 46 heavy (non-hydrogen) atoms. The van der Waals surface area contributed by atoms with Gasteiger partial charge in [0.05, 0.1) is 32.8 Å². The minimum Gasteiger partial charge on any atom is -0.496 e. The summed E-state index contributed by atoms with van der Waals surface area (Å²) in [5, 5.41) is 11.1. The number of ether oxygens (including phenoxy) is 2. The van der Waals surface area contributed by atoms with Crippen LogP contribution in [0.2, 0.25) is 0 Å². The van der Waals surface area contributed by atoms with Crippen LogP contribution in [0, 0.1) is 10.1 Å². The van der Waals surface area contributed by atoms with Gasteiger partial charge < -0.3 is 9.47 Å². The summed E-state index contributed by atoms with van der Waals surface area (Å²) in [4.78, 5) is 30.7. The van der Waals surface area contributed by atoms with E-state index in [0.717, 1.165) is 45.3 Å². The number of para-hydroxylation sites is 1. The molecule has 1 aromatic heterocycles. The summed E-state index contributed by atoms with van der Waals surface area (Å²) in [6.45, 7) is 0.181. The van der Waals surface area contributed by atoms with Gasteiger partial charge in [-0.15, -0.1) is 0 Å². The maximum Gasteiger partial charge on any atom is 0.271 e. The van der Waals surface area contributed by atoms with Crippen molar-refractivity contribution in [3.05, 3.63) is 157 Å². The maximum absolute atomic E-state index is 14.4. The molecule has 5 aromatic rings. The van der Waals surface area contributed by atoms with Gasteiger partial charge in [-0.25, -0.2) is 4.99 Å². The number of fused-ring (bicyclic) bond motifs is 3. The summed E-state index contributed by atoms with van der Waals surface area (Å²) in [6, 6.07) is 25.8. The number of nitro groups is 1. The van der Waals surface area contributed by atoms with Crippen LogP contribution in [0.25, 0.3) is 11.8 Å². The standard InChI is InChI=1S/C35H25Br2N3O5S/c1-44-29-9-5-4-8-26(29)32-27-15-12-21-6-2-3-7-25(21)31(27)38-35-39(32)34(41)30(46-35)17-22-16-23(36)18-28(37)33(22)45-19-20-10-13-24(14-11-20)40(42)43/h2-11,13-14,16-18,32H,12,15,19H2,1H3/b30-17+/t32-/m1/s1. The molecule has 0 fully saturated rings. The summed E-state index contributed by atoms with van der Waals surface area (Å²) < 4.78 is 15.8. The molecule has 0 bridgehead atoms. The first-order valence-corrected chi connectivity index (χ1v) is 16.8. The molecule has 0 unspecified atom stereocenters. The second-order valence-electron chi connectivity index (χ2n) is 10.9. The van der Waals surface area contributed by atoms with Crippen LogP contribution in [0.5, 0.6) is 11.5 Å². The van der Waals surface area contributed by atoms with E-state index >= 15 is 0 Å². The highest BCUT2D eigenvalue weighted by atomic mass is 79.9. The maximum atomic E-state index is 14.4. The number of thiazole rings is 1. The van der Waals surface area contributed by atoms with Crippen molar-refractivity contribution in [2.45, 2.75) is 25.5 Å². The third-order valence-electron chi connectivity index (χ3n) is 8.16. The number of allylic oxidation sites excluding steroid dienone is 1. The van der Waals surface area contributed by atoms with Crippen LogP contribution in [-0.2, 0) is 13.0 Å². The lowest BCUT2D eigenvalue weighted by Crippen LogP contribution is -2.39. The van der Waals surface area contributed by atoms with E-state index < -0.39 is 4.92 Å². The van der Waals surface area contributed by atoms with Crippen molar-refractivity contribution >= 4 is 60.7 Å². The normalized spacial score (nSPS) is 15.5. The van der Waals surface area contributed by atoms with Gasteiger partial charge >= 0.3 is 0 Å². The fourth-order valence-electron chi connectivity index (χ4n) is 6.04. The summed E-state index contributed by atoms with van der Waals surface area (Å²) in [7, 11) is 1.65. The van der Waals surface area contributed by atoms with E-state index in [0.29, 0.717) is 30.9 Å². The van der Waals surface area contributed by atoms with Crippen LogP contribution in [-0.4, -0.2) is 16.6 Å². The van der Waals surface area contributed by atoms with E-state index in [1.807, 2.05) is 48.5 Å². The first kappa shape index (κ1) is 30.3. The Morgan fingerprint density at radius 2 is 1.80 bits per heavy atom. The third kappa shape index (κ3) is 5.52. The van der Waals surface area contributed by atoms with Gasteiger partial charge in [0.25, 0.3) is 11.2 Å². The molecule has 1 aliphatic carbocycles. The zero-order valence-electron chi connectivity index (χ0n) is 24.4. The number of hydrogen-bond donors (Lipinski definition) is 0. The molecular formula is C35H25Br2N3O5S. The van der Waals surface area contributed by atoms with Crippen molar-refractivity contribution in [2.24, 2.45) is 4.99 Å². The first-order valence-electron chi connectivity index (χ1n) is 14.4. The fraction of sp³-hybridized carbons (Fsp3) is 0.143. The number of hydrogen-bond acceptors (Lipinski definition) is 7. The molecule has 0 radical (unpaired) electrons. The monoisotopic (exact) mass is 757 g/mol. The lowest BCUT2D eigenvalue weighted by atomic mass is 9.83. The lowest BCUT2D eigenvalue weighted by Gasteiger charge is -2.31. The van der Waals surface area contributed by atoms with Crippen LogP contribution in [0.1, 0.15) is 40.3 Å². The molecule has 0 N–H and O–H groups in total. The molecular weight excluding hydrogens is 734 g/mol. The van der Waals surface area contributed by atoms with E-state index in [2.05, 4.69) is 50.1 Å². The Kier molecular flexibility index (Phi) is 8.22. The number of nitro benzene ring substituents is 1. The highest BCUT2D eigenvalue weighted by Crippen LogP contribution is 2.43. The largest absolute Gasteiger partial charge is 0.496 e. The van der Waals surface area contributed by atoms with Crippen LogP contribution in [0.4, 0.5) is 5.69 Å². The van der Waals surface area contributed by atoms with Gasteiger partial charge in [0, 0.05) is 33.3 Å². The minimum atomic E-state index is -0.433. The number of methoxy groups -OCH3 is 1. The quantitative estimate of drug-likeness (QED) is 0.128. The summed E-state index contributed by atoms with van der Waals surface area (Å²) in [5.74, 6) is 1.26. The number of non-ortho nitro benzene ring substituents is 1. The van der Waals surface area contributed by atoms with Crippen molar-refractivity contribution in [2.75, 3.05) is 7.11 Å². The van der Waals surface area contributed by atoms with Crippen molar-refractivity contribution in [3.63, 3.8) is 0 Å². The molecule has 2 aliphatic rings. The van der Waals surface area contributed by atoms with Gasteiger partial charge in [-0.3, -0.25) is 19.5 Å². The molecule has 11 heteroatoms. The second-order valence-corrected chi connectivity index (χ2v) is 13.7. The Bertz CT molecular complexity index is 2240. The third-order valence-corrected chi connectivity index (χ3v) is 10.2. The Labute approximate surface area is 284 Å². The number of aryl methyl sites for hydroxylation is 1. The number of nitrogens with zero attached hydrogens (tertiary/aromatic N) is 3. The molecule has 7 rings (SSSR count). The molecule has 0 spiro atoms. The highest BCUT2D eigenvalue weighted by Gasteiger charge is 2.34. The first-order chi connectivity index (χ1) is 22.3. The van der Waals surface area contributed by atoms with E-state index in [4.69, 9.17) is 14.5 Å². The van der Waals surface area contributed by atoms with Gasteiger partial charge in [-0.05, 0) is 81.9 Å². The van der Waals surface area contributed by atoms with Gasteiger partial charge in [0.15, 0.2) is 4.80 Å². The zero-order valence-corrected chi connectivity index (χ0v) is 28.4. The minimum absolute atomic E-state index is 0.0150. The van der Waals surface area contributed by atoms with Crippen LogP contribution >= 0.6 is 43.2 Å². The zero-order chi connectivity index (χ0) is 31.9. The summed E-state index contributed by atoms with van der Waals surface area (Å²) in [6.07, 6.45) is 3.48. The molecule has 0 saturated carbocycles. The Morgan fingerprint density at radius 3 is 2.59 bits per heavy atom. The van der Waals surface area contributed by atoms with Gasteiger partial charge in [0.1, 0.15) is 18.1 Å². The van der Waals surface area contributed by atoms with Crippen molar-refractivity contribution in [1.29, 1.82) is 0 Å². The van der Waals surface area contributed by atoms with Gasteiger partial charge in [0.2, 0.25) is 0 Å². The second kappa shape index (κ2) is 12.5. The molecule has 4 aromatic carbocycles. The highest BCUT2D eigenvalue weighted by molar-refractivity contribution is 9.11. The Morgan fingerprint density at radius 1 is 1.04 bits per heavy atom. The predicted molar refractivity (Wildman–Crippen MR) is 185 cm³/mol. The van der Waals surface area contributed by atoms with E-state index in [1.54, 1.807) is 23.8 Å². The summed E-state index contributed by atoms with van der Waals surface area (Å²) >= 11 is 8.54. The number of aromatic nitrogens is 1. The average Bonchev–Trinajstić information content (AvgIpc) is 3.37. The Hall–Kier alpha value is -4.32. The smallest absolute Gasteiger partial charge is 0.271 e. The molecule has 8 nitrogen and oxygen atoms in total. The number of rotatable bonds is 7. The SMILES string of the molecule is COc1ccccc1[C@@H]1C2=C(N=c3s/c(=C/c4cc(Br)cc(Br)c4OCc4ccc([N+](=O)[O-])cc4)c(=O)n31)c1ccccc1CC2. The molecule has 1 atom stereocenters. The fourth-order valence-corrected chi connectivity index (χ4v) is 8.41. The van der Waals surface area contributed by atoms with Gasteiger partial charge in [-0.1, -0.05) is 69.7 Å². The van der Waals surface area contributed by atoms with E-state index in [1.165, 1.54) is 29.0 Å². The topological polar surface area (TPSA) is 96.0 Å². The molecule has 0 amide bonds. The van der Waals surface area contributed by atoms with Crippen molar-refractivity contribution in [3.8, 4) is 11.5 Å². The van der Waals surface area contributed by atoms with Crippen molar-refractivity contribution < 1.29 is 14.4 Å². The van der Waals surface area contributed by atoms with E-state index in [9.17, 15) is 14.9 Å². The molecule has 1 aliphatic heterocycles. The average molecular weight is 759 g/mol. The van der Waals surface area contributed by atoms with Crippen molar-refractivity contribution in [1.82, 2.24) is 4.57 Å².